The molecule has 0 fully saturated rings. The lowest BCUT2D eigenvalue weighted by Gasteiger charge is -2.14. The Morgan fingerprint density at radius 3 is 2.81 bits per heavy atom. The SMILES string of the molecule is Cc1sc2ncnc(NC(C)Cc3cnccn3)c2c1C. The zero-order valence-corrected chi connectivity index (χ0v) is 13.1. The van der Waals surface area contributed by atoms with Crippen LogP contribution >= 0.6 is 11.3 Å². The molecular formula is C15H17N5S. The number of hydrogen-bond acceptors (Lipinski definition) is 6. The van der Waals surface area contributed by atoms with Crippen molar-refractivity contribution in [1.29, 1.82) is 0 Å². The molecule has 0 aromatic carbocycles. The summed E-state index contributed by atoms with van der Waals surface area (Å²) < 4.78 is 0. The van der Waals surface area contributed by atoms with Crippen LogP contribution in [0.4, 0.5) is 5.82 Å². The van der Waals surface area contributed by atoms with E-state index in [0.29, 0.717) is 0 Å². The van der Waals surface area contributed by atoms with Gasteiger partial charge in [-0.05, 0) is 26.3 Å². The van der Waals surface area contributed by atoms with Gasteiger partial charge in [0.1, 0.15) is 17.0 Å². The number of anilines is 1. The fourth-order valence-corrected chi connectivity index (χ4v) is 3.32. The summed E-state index contributed by atoms with van der Waals surface area (Å²) in [6.07, 6.45) is 7.63. The molecule has 0 bridgehead atoms. The Morgan fingerprint density at radius 2 is 2.05 bits per heavy atom. The lowest BCUT2D eigenvalue weighted by molar-refractivity contribution is 0.761. The maximum atomic E-state index is 4.41. The van der Waals surface area contributed by atoms with Crippen molar-refractivity contribution < 1.29 is 0 Å². The van der Waals surface area contributed by atoms with Crippen LogP contribution < -0.4 is 5.32 Å². The zero-order valence-electron chi connectivity index (χ0n) is 12.3. The lowest BCUT2D eigenvalue weighted by atomic mass is 10.1. The fourth-order valence-electron chi connectivity index (χ4n) is 2.33. The molecule has 1 unspecified atom stereocenters. The van der Waals surface area contributed by atoms with Crippen molar-refractivity contribution in [1.82, 2.24) is 19.9 Å². The van der Waals surface area contributed by atoms with Crippen molar-refractivity contribution >= 4 is 27.4 Å². The summed E-state index contributed by atoms with van der Waals surface area (Å²) in [6.45, 7) is 6.36. The number of nitrogens with zero attached hydrogens (tertiary/aromatic N) is 4. The van der Waals surface area contributed by atoms with E-state index in [0.717, 1.165) is 28.1 Å². The first kappa shape index (κ1) is 13.9. The van der Waals surface area contributed by atoms with Crippen molar-refractivity contribution in [2.24, 2.45) is 0 Å². The van der Waals surface area contributed by atoms with Crippen LogP contribution in [0, 0.1) is 13.8 Å². The number of thiophene rings is 1. The highest BCUT2D eigenvalue weighted by Crippen LogP contribution is 2.32. The highest BCUT2D eigenvalue weighted by Gasteiger charge is 2.14. The molecule has 1 atom stereocenters. The summed E-state index contributed by atoms with van der Waals surface area (Å²) in [5.74, 6) is 0.901. The highest BCUT2D eigenvalue weighted by molar-refractivity contribution is 7.18. The second-order valence-electron chi connectivity index (χ2n) is 5.13. The van der Waals surface area contributed by atoms with Gasteiger partial charge in [-0.25, -0.2) is 9.97 Å². The van der Waals surface area contributed by atoms with Crippen LogP contribution in [0.15, 0.2) is 24.9 Å². The van der Waals surface area contributed by atoms with Crippen LogP contribution in [0.3, 0.4) is 0 Å². The topological polar surface area (TPSA) is 63.6 Å². The van der Waals surface area contributed by atoms with Gasteiger partial charge in [0.2, 0.25) is 0 Å². The first-order valence-electron chi connectivity index (χ1n) is 6.87. The standard InChI is InChI=1S/C15H17N5S/c1-9(6-12-7-16-4-5-17-12)20-14-13-10(2)11(3)21-15(13)19-8-18-14/h4-5,7-9H,6H2,1-3H3,(H,18,19,20). The molecular weight excluding hydrogens is 282 g/mol. The Morgan fingerprint density at radius 1 is 1.19 bits per heavy atom. The molecule has 0 radical (unpaired) electrons. The van der Waals surface area contributed by atoms with E-state index in [1.54, 1.807) is 36.3 Å². The van der Waals surface area contributed by atoms with Crippen molar-refractivity contribution in [2.75, 3.05) is 5.32 Å². The normalized spacial score (nSPS) is 12.5. The van der Waals surface area contributed by atoms with Crippen LogP contribution in [-0.2, 0) is 6.42 Å². The Bertz CT molecular complexity index is 753. The van der Waals surface area contributed by atoms with Gasteiger partial charge in [0, 0.05) is 35.9 Å². The predicted molar refractivity (Wildman–Crippen MR) is 85.7 cm³/mol. The molecule has 0 saturated heterocycles. The number of hydrogen-bond donors (Lipinski definition) is 1. The molecule has 0 aliphatic heterocycles. The van der Waals surface area contributed by atoms with Gasteiger partial charge in [-0.3, -0.25) is 9.97 Å². The van der Waals surface area contributed by atoms with Crippen molar-refractivity contribution in [3.8, 4) is 0 Å². The summed E-state index contributed by atoms with van der Waals surface area (Å²) in [4.78, 5) is 19.5. The highest BCUT2D eigenvalue weighted by atomic mass is 32.1. The summed E-state index contributed by atoms with van der Waals surface area (Å²) in [5, 5.41) is 4.61. The number of rotatable bonds is 4. The molecule has 5 nitrogen and oxygen atoms in total. The number of fused-ring (bicyclic) bond motifs is 1. The third-order valence-corrected chi connectivity index (χ3v) is 4.60. The quantitative estimate of drug-likeness (QED) is 0.802. The minimum atomic E-state index is 0.222. The summed E-state index contributed by atoms with van der Waals surface area (Å²) in [5.41, 5.74) is 2.23. The third kappa shape index (κ3) is 2.85. The van der Waals surface area contributed by atoms with Gasteiger partial charge in [0.25, 0.3) is 0 Å². The van der Waals surface area contributed by atoms with Crippen LogP contribution in [0.2, 0.25) is 0 Å². The van der Waals surface area contributed by atoms with E-state index in [4.69, 9.17) is 0 Å². The first-order chi connectivity index (χ1) is 10.1. The summed E-state index contributed by atoms with van der Waals surface area (Å²) in [6, 6.07) is 0.222. The van der Waals surface area contributed by atoms with E-state index in [1.165, 1.54) is 10.4 Å². The van der Waals surface area contributed by atoms with Gasteiger partial charge in [0.05, 0.1) is 11.1 Å². The van der Waals surface area contributed by atoms with Gasteiger partial charge in [-0.15, -0.1) is 11.3 Å². The molecule has 108 valence electrons. The number of aryl methyl sites for hydroxylation is 2. The molecule has 0 spiro atoms. The minimum Gasteiger partial charge on any atom is -0.367 e. The van der Waals surface area contributed by atoms with E-state index in [1.807, 2.05) is 0 Å². The molecule has 3 aromatic rings. The van der Waals surface area contributed by atoms with E-state index in [-0.39, 0.29) is 6.04 Å². The molecule has 3 aromatic heterocycles. The average Bonchev–Trinajstić information content (AvgIpc) is 2.76. The Balaban J connectivity index is 1.84. The molecule has 3 rings (SSSR count). The van der Waals surface area contributed by atoms with E-state index < -0.39 is 0 Å². The molecule has 3 heterocycles. The molecule has 0 amide bonds. The maximum absolute atomic E-state index is 4.41. The molecule has 6 heteroatoms. The molecule has 0 saturated carbocycles. The van der Waals surface area contributed by atoms with Crippen LogP contribution in [0.5, 0.6) is 0 Å². The minimum absolute atomic E-state index is 0.222. The van der Waals surface area contributed by atoms with E-state index in [9.17, 15) is 0 Å². The Labute approximate surface area is 127 Å². The Kier molecular flexibility index (Phi) is 3.79. The fraction of sp³-hybridized carbons (Fsp3) is 0.333. The second-order valence-corrected chi connectivity index (χ2v) is 6.34. The monoisotopic (exact) mass is 299 g/mol. The summed E-state index contributed by atoms with van der Waals surface area (Å²) >= 11 is 1.71. The summed E-state index contributed by atoms with van der Waals surface area (Å²) in [7, 11) is 0. The van der Waals surface area contributed by atoms with Crippen LogP contribution in [-0.4, -0.2) is 26.0 Å². The van der Waals surface area contributed by atoms with Crippen LogP contribution in [0.1, 0.15) is 23.1 Å². The average molecular weight is 299 g/mol. The Hall–Kier alpha value is -2.08. The number of aromatic nitrogens is 4. The largest absolute Gasteiger partial charge is 0.367 e. The molecule has 0 aliphatic carbocycles. The molecule has 0 aliphatic rings. The zero-order chi connectivity index (χ0) is 14.8. The van der Waals surface area contributed by atoms with E-state index >= 15 is 0 Å². The first-order valence-corrected chi connectivity index (χ1v) is 7.69. The third-order valence-electron chi connectivity index (χ3n) is 3.48. The smallest absolute Gasteiger partial charge is 0.138 e. The lowest BCUT2D eigenvalue weighted by Crippen LogP contribution is -2.19. The van der Waals surface area contributed by atoms with Crippen LogP contribution in [0.25, 0.3) is 10.2 Å². The van der Waals surface area contributed by atoms with Gasteiger partial charge in [0.15, 0.2) is 0 Å². The van der Waals surface area contributed by atoms with Gasteiger partial charge < -0.3 is 5.32 Å². The second kappa shape index (κ2) is 5.73. The van der Waals surface area contributed by atoms with Gasteiger partial charge in [-0.1, -0.05) is 0 Å². The predicted octanol–water partition coefficient (Wildman–Crippen LogP) is 3.14. The number of nitrogens with one attached hydrogen (secondary N) is 1. The molecule has 21 heavy (non-hydrogen) atoms. The van der Waals surface area contributed by atoms with Gasteiger partial charge >= 0.3 is 0 Å². The van der Waals surface area contributed by atoms with Crippen molar-refractivity contribution in [2.45, 2.75) is 33.2 Å². The maximum Gasteiger partial charge on any atom is 0.138 e. The van der Waals surface area contributed by atoms with Crippen molar-refractivity contribution in [3.63, 3.8) is 0 Å². The molecule has 1 N–H and O–H groups in total. The van der Waals surface area contributed by atoms with Crippen molar-refractivity contribution in [3.05, 3.63) is 41.1 Å². The van der Waals surface area contributed by atoms with Gasteiger partial charge in [-0.2, -0.15) is 0 Å². The van der Waals surface area contributed by atoms with E-state index in [2.05, 4.69) is 46.0 Å².